The standard InChI is InChI=1S/C17H17NO/c1-17(2,19)16-9-7-15(8-10-16)14-5-3-13(4-6-14)11-12-18/h3-10,19H,11H2,1-2H3. The van der Waals surface area contributed by atoms with E-state index in [1.165, 1.54) is 0 Å². The third-order valence-electron chi connectivity index (χ3n) is 3.16. The lowest BCUT2D eigenvalue weighted by atomic mass is 9.95. The largest absolute Gasteiger partial charge is 0.386 e. The Morgan fingerprint density at radius 1 is 0.947 bits per heavy atom. The highest BCUT2D eigenvalue weighted by Gasteiger charge is 2.15. The smallest absolute Gasteiger partial charge is 0.0840 e. The van der Waals surface area contributed by atoms with Crippen LogP contribution in [0.15, 0.2) is 48.5 Å². The van der Waals surface area contributed by atoms with Crippen molar-refractivity contribution in [3.63, 3.8) is 0 Å². The fourth-order valence-electron chi connectivity index (χ4n) is 1.98. The van der Waals surface area contributed by atoms with Crippen molar-refractivity contribution in [2.45, 2.75) is 25.9 Å². The maximum Gasteiger partial charge on any atom is 0.0840 e. The monoisotopic (exact) mass is 251 g/mol. The maximum atomic E-state index is 9.92. The van der Waals surface area contributed by atoms with Crippen LogP contribution in [0.5, 0.6) is 0 Å². The van der Waals surface area contributed by atoms with Crippen molar-refractivity contribution in [3.05, 3.63) is 59.7 Å². The number of benzene rings is 2. The summed E-state index contributed by atoms with van der Waals surface area (Å²) in [4.78, 5) is 0. The van der Waals surface area contributed by atoms with Crippen LogP contribution in [-0.2, 0) is 12.0 Å². The zero-order chi connectivity index (χ0) is 13.9. The van der Waals surface area contributed by atoms with Gasteiger partial charge in [0.1, 0.15) is 0 Å². The van der Waals surface area contributed by atoms with Crippen LogP contribution < -0.4 is 0 Å². The highest BCUT2D eigenvalue weighted by molar-refractivity contribution is 5.64. The lowest BCUT2D eigenvalue weighted by molar-refractivity contribution is 0.0786. The molecule has 0 bridgehead atoms. The van der Waals surface area contributed by atoms with Gasteiger partial charge in [0.05, 0.1) is 18.1 Å². The van der Waals surface area contributed by atoms with Crippen molar-refractivity contribution in [1.82, 2.24) is 0 Å². The van der Waals surface area contributed by atoms with E-state index in [9.17, 15) is 5.11 Å². The summed E-state index contributed by atoms with van der Waals surface area (Å²) in [5.41, 5.74) is 3.34. The summed E-state index contributed by atoms with van der Waals surface area (Å²) in [7, 11) is 0. The number of nitrogens with zero attached hydrogens (tertiary/aromatic N) is 1. The molecule has 0 radical (unpaired) electrons. The van der Waals surface area contributed by atoms with Gasteiger partial charge in [-0.2, -0.15) is 5.26 Å². The topological polar surface area (TPSA) is 44.0 Å². The van der Waals surface area contributed by atoms with Gasteiger partial charge >= 0.3 is 0 Å². The Hall–Kier alpha value is -2.11. The lowest BCUT2D eigenvalue weighted by Gasteiger charge is -2.17. The first kappa shape index (κ1) is 13.3. The minimum atomic E-state index is -0.810. The average Bonchev–Trinajstić information content (AvgIpc) is 2.39. The van der Waals surface area contributed by atoms with E-state index in [1.807, 2.05) is 48.5 Å². The Labute approximate surface area is 114 Å². The first-order valence-electron chi connectivity index (χ1n) is 6.30. The highest BCUT2D eigenvalue weighted by Crippen LogP contribution is 2.25. The van der Waals surface area contributed by atoms with Crippen LogP contribution in [0, 0.1) is 11.3 Å². The van der Waals surface area contributed by atoms with E-state index in [0.29, 0.717) is 6.42 Å². The lowest BCUT2D eigenvalue weighted by Crippen LogP contribution is -2.14. The predicted molar refractivity (Wildman–Crippen MR) is 76.4 cm³/mol. The van der Waals surface area contributed by atoms with Gasteiger partial charge in [-0.1, -0.05) is 48.5 Å². The van der Waals surface area contributed by atoms with Crippen molar-refractivity contribution < 1.29 is 5.11 Å². The molecule has 1 N–H and O–H groups in total. The van der Waals surface area contributed by atoms with E-state index in [1.54, 1.807) is 13.8 Å². The summed E-state index contributed by atoms with van der Waals surface area (Å²) in [6.07, 6.45) is 0.442. The van der Waals surface area contributed by atoms with Crippen LogP contribution in [0.4, 0.5) is 0 Å². The molecule has 2 nitrogen and oxygen atoms in total. The van der Waals surface area contributed by atoms with E-state index < -0.39 is 5.60 Å². The maximum absolute atomic E-state index is 9.92. The molecular weight excluding hydrogens is 234 g/mol. The molecule has 0 amide bonds. The van der Waals surface area contributed by atoms with E-state index in [2.05, 4.69) is 6.07 Å². The Balaban J connectivity index is 2.25. The van der Waals surface area contributed by atoms with Crippen LogP contribution in [0.2, 0.25) is 0 Å². The van der Waals surface area contributed by atoms with Gasteiger partial charge in [-0.15, -0.1) is 0 Å². The Morgan fingerprint density at radius 3 is 1.84 bits per heavy atom. The van der Waals surface area contributed by atoms with Gasteiger partial charge in [-0.05, 0) is 36.1 Å². The number of nitriles is 1. The van der Waals surface area contributed by atoms with Crippen molar-refractivity contribution >= 4 is 0 Å². The minimum Gasteiger partial charge on any atom is -0.386 e. The summed E-state index contributed by atoms with van der Waals surface area (Å²) in [6, 6.07) is 18.0. The third kappa shape index (κ3) is 3.21. The molecule has 0 aliphatic heterocycles. The van der Waals surface area contributed by atoms with Gasteiger partial charge in [-0.3, -0.25) is 0 Å². The molecule has 19 heavy (non-hydrogen) atoms. The first-order chi connectivity index (χ1) is 9.00. The van der Waals surface area contributed by atoms with Crippen molar-refractivity contribution in [3.8, 4) is 17.2 Å². The normalized spacial score (nSPS) is 11.1. The zero-order valence-corrected chi connectivity index (χ0v) is 11.2. The summed E-state index contributed by atoms with van der Waals surface area (Å²) in [5.74, 6) is 0. The van der Waals surface area contributed by atoms with E-state index in [0.717, 1.165) is 22.3 Å². The molecule has 0 aliphatic rings. The van der Waals surface area contributed by atoms with Crippen molar-refractivity contribution in [1.29, 1.82) is 5.26 Å². The number of aliphatic hydroxyl groups is 1. The van der Waals surface area contributed by atoms with Crippen molar-refractivity contribution in [2.75, 3.05) is 0 Å². The third-order valence-corrected chi connectivity index (χ3v) is 3.16. The predicted octanol–water partition coefficient (Wildman–Crippen LogP) is 3.65. The first-order valence-corrected chi connectivity index (χ1v) is 6.30. The van der Waals surface area contributed by atoms with Crippen LogP contribution in [-0.4, -0.2) is 5.11 Å². The van der Waals surface area contributed by atoms with E-state index >= 15 is 0 Å². The molecule has 2 heteroatoms. The van der Waals surface area contributed by atoms with Crippen LogP contribution in [0.1, 0.15) is 25.0 Å². The molecule has 0 unspecified atom stereocenters. The highest BCUT2D eigenvalue weighted by atomic mass is 16.3. The van der Waals surface area contributed by atoms with Gasteiger partial charge in [0.15, 0.2) is 0 Å². The zero-order valence-electron chi connectivity index (χ0n) is 11.2. The molecule has 2 rings (SSSR count). The number of rotatable bonds is 3. The SMILES string of the molecule is CC(C)(O)c1ccc(-c2ccc(CC#N)cc2)cc1. The van der Waals surface area contributed by atoms with Gasteiger partial charge in [-0.25, -0.2) is 0 Å². The quantitative estimate of drug-likeness (QED) is 0.905. The minimum absolute atomic E-state index is 0.442. The molecule has 0 spiro atoms. The van der Waals surface area contributed by atoms with Gasteiger partial charge in [0.25, 0.3) is 0 Å². The molecular formula is C17H17NO. The average molecular weight is 251 g/mol. The summed E-state index contributed by atoms with van der Waals surface area (Å²) in [6.45, 7) is 3.55. The number of hydrogen-bond donors (Lipinski definition) is 1. The van der Waals surface area contributed by atoms with Crippen LogP contribution >= 0.6 is 0 Å². The molecule has 0 saturated heterocycles. The van der Waals surface area contributed by atoms with Crippen molar-refractivity contribution in [2.24, 2.45) is 0 Å². The second-order valence-corrected chi connectivity index (χ2v) is 5.17. The molecule has 2 aromatic rings. The van der Waals surface area contributed by atoms with E-state index in [-0.39, 0.29) is 0 Å². The molecule has 0 aliphatic carbocycles. The second-order valence-electron chi connectivity index (χ2n) is 5.17. The fraction of sp³-hybridized carbons (Fsp3) is 0.235. The van der Waals surface area contributed by atoms with Gasteiger partial charge in [0, 0.05) is 0 Å². The summed E-state index contributed by atoms with van der Waals surface area (Å²) >= 11 is 0. The summed E-state index contributed by atoms with van der Waals surface area (Å²) < 4.78 is 0. The molecule has 0 atom stereocenters. The Morgan fingerprint density at radius 2 is 1.42 bits per heavy atom. The molecule has 0 aromatic heterocycles. The molecule has 2 aromatic carbocycles. The van der Waals surface area contributed by atoms with E-state index in [4.69, 9.17) is 5.26 Å². The fourth-order valence-corrected chi connectivity index (χ4v) is 1.98. The van der Waals surface area contributed by atoms with Crippen LogP contribution in [0.3, 0.4) is 0 Å². The Bertz CT molecular complexity index is 583. The van der Waals surface area contributed by atoms with Gasteiger partial charge < -0.3 is 5.11 Å². The van der Waals surface area contributed by atoms with Gasteiger partial charge in [0.2, 0.25) is 0 Å². The second kappa shape index (κ2) is 5.26. The molecule has 0 fully saturated rings. The number of hydrogen-bond acceptors (Lipinski definition) is 2. The molecule has 0 heterocycles. The Kier molecular flexibility index (Phi) is 3.69. The summed E-state index contributed by atoms with van der Waals surface area (Å²) in [5, 5.41) is 18.6. The van der Waals surface area contributed by atoms with Crippen LogP contribution in [0.25, 0.3) is 11.1 Å². The molecule has 96 valence electrons. The molecule has 0 saturated carbocycles.